The van der Waals surface area contributed by atoms with Gasteiger partial charge in [0.25, 0.3) is 5.91 Å². The van der Waals surface area contributed by atoms with Crippen LogP contribution in [0.15, 0.2) is 46.9 Å². The van der Waals surface area contributed by atoms with Crippen LogP contribution in [-0.2, 0) is 9.53 Å². The van der Waals surface area contributed by atoms with Crippen LogP contribution in [0.3, 0.4) is 0 Å². The molecule has 1 atom stereocenters. The van der Waals surface area contributed by atoms with Crippen molar-refractivity contribution in [3.8, 4) is 0 Å². The van der Waals surface area contributed by atoms with Crippen molar-refractivity contribution >= 4 is 33.5 Å². The molecule has 0 aliphatic heterocycles. The van der Waals surface area contributed by atoms with Gasteiger partial charge >= 0.3 is 5.97 Å². The molecule has 2 rings (SSSR count). The number of carbonyl (C=O) groups is 2. The molecule has 1 N–H and O–H groups in total. The topological polar surface area (TPSA) is 55.4 Å². The Balaban J connectivity index is 2.02. The molecule has 120 valence electrons. The number of anilines is 1. The van der Waals surface area contributed by atoms with E-state index in [1.54, 1.807) is 25.1 Å². The lowest BCUT2D eigenvalue weighted by Crippen LogP contribution is -2.30. The molecule has 5 heteroatoms. The van der Waals surface area contributed by atoms with Crippen LogP contribution in [-0.4, -0.2) is 18.0 Å². The second kappa shape index (κ2) is 7.42. The molecule has 0 fully saturated rings. The van der Waals surface area contributed by atoms with Gasteiger partial charge in [0.1, 0.15) is 0 Å². The van der Waals surface area contributed by atoms with E-state index in [0.29, 0.717) is 5.56 Å². The highest BCUT2D eigenvalue weighted by Gasteiger charge is 2.19. The highest BCUT2D eigenvalue weighted by Crippen LogP contribution is 2.19. The van der Waals surface area contributed by atoms with E-state index in [-0.39, 0.29) is 5.91 Å². The van der Waals surface area contributed by atoms with Crippen molar-refractivity contribution in [1.29, 1.82) is 0 Å². The first kappa shape index (κ1) is 17.2. The molecule has 1 amide bonds. The number of hydrogen-bond acceptors (Lipinski definition) is 3. The van der Waals surface area contributed by atoms with Gasteiger partial charge < -0.3 is 10.1 Å². The minimum absolute atomic E-state index is 0.359. The second-order valence-electron chi connectivity index (χ2n) is 5.29. The standard InChI is InChI=1S/C18H18BrNO3/c1-11-6-4-9-16(12(11)2)20-17(21)13(3)23-18(22)14-7-5-8-15(19)10-14/h4-10,13H,1-3H3,(H,20,21)/t13-/m0/s1. The SMILES string of the molecule is Cc1cccc(NC(=O)[C@H](C)OC(=O)c2cccc(Br)c2)c1C. The lowest BCUT2D eigenvalue weighted by atomic mass is 10.1. The molecule has 0 spiro atoms. The Bertz CT molecular complexity index is 743. The zero-order valence-electron chi connectivity index (χ0n) is 13.2. The lowest BCUT2D eigenvalue weighted by molar-refractivity contribution is -0.123. The maximum atomic E-state index is 12.2. The summed E-state index contributed by atoms with van der Waals surface area (Å²) < 4.78 is 6.00. The Morgan fingerprint density at radius 1 is 1.13 bits per heavy atom. The second-order valence-corrected chi connectivity index (χ2v) is 6.21. The number of esters is 1. The van der Waals surface area contributed by atoms with E-state index in [9.17, 15) is 9.59 Å². The van der Waals surface area contributed by atoms with E-state index in [4.69, 9.17) is 4.74 Å². The van der Waals surface area contributed by atoms with Gasteiger partial charge in [-0.05, 0) is 56.2 Å². The first-order valence-corrected chi connectivity index (χ1v) is 8.01. The summed E-state index contributed by atoms with van der Waals surface area (Å²) in [6.07, 6.45) is -0.888. The van der Waals surface area contributed by atoms with E-state index in [0.717, 1.165) is 21.3 Å². The molecule has 23 heavy (non-hydrogen) atoms. The number of rotatable bonds is 4. The van der Waals surface area contributed by atoms with E-state index < -0.39 is 12.1 Å². The van der Waals surface area contributed by atoms with Crippen LogP contribution in [0.4, 0.5) is 5.69 Å². The largest absolute Gasteiger partial charge is 0.449 e. The third-order valence-corrected chi connectivity index (χ3v) is 4.07. The Labute approximate surface area is 144 Å². The number of ether oxygens (including phenoxy) is 1. The third kappa shape index (κ3) is 4.42. The van der Waals surface area contributed by atoms with Crippen LogP contribution in [0.1, 0.15) is 28.4 Å². The van der Waals surface area contributed by atoms with Gasteiger partial charge in [0.15, 0.2) is 6.10 Å². The first-order valence-electron chi connectivity index (χ1n) is 7.22. The van der Waals surface area contributed by atoms with Gasteiger partial charge in [0.2, 0.25) is 0 Å². The van der Waals surface area contributed by atoms with Gasteiger partial charge in [-0.3, -0.25) is 4.79 Å². The molecule has 0 unspecified atom stereocenters. The molecule has 0 heterocycles. The minimum atomic E-state index is -0.888. The summed E-state index contributed by atoms with van der Waals surface area (Å²) in [4.78, 5) is 24.3. The van der Waals surface area contributed by atoms with Crippen molar-refractivity contribution < 1.29 is 14.3 Å². The van der Waals surface area contributed by atoms with Crippen LogP contribution >= 0.6 is 15.9 Å². The number of nitrogens with one attached hydrogen (secondary N) is 1. The molecule has 0 radical (unpaired) electrons. The summed E-state index contributed by atoms with van der Waals surface area (Å²) in [6, 6.07) is 12.5. The average Bonchev–Trinajstić information content (AvgIpc) is 2.51. The Morgan fingerprint density at radius 3 is 2.52 bits per heavy atom. The molecule has 2 aromatic rings. The van der Waals surface area contributed by atoms with Crippen LogP contribution in [0.5, 0.6) is 0 Å². The highest BCUT2D eigenvalue weighted by atomic mass is 79.9. The van der Waals surface area contributed by atoms with E-state index in [1.165, 1.54) is 0 Å². The van der Waals surface area contributed by atoms with Crippen LogP contribution in [0, 0.1) is 13.8 Å². The number of hydrogen-bond donors (Lipinski definition) is 1. The van der Waals surface area contributed by atoms with Gasteiger partial charge in [-0.15, -0.1) is 0 Å². The molecule has 4 nitrogen and oxygen atoms in total. The van der Waals surface area contributed by atoms with Crippen LogP contribution < -0.4 is 5.32 Å². The third-order valence-electron chi connectivity index (χ3n) is 3.58. The fourth-order valence-corrected chi connectivity index (χ4v) is 2.42. The molecule has 0 aromatic heterocycles. The lowest BCUT2D eigenvalue weighted by Gasteiger charge is -2.15. The molecular formula is C18H18BrNO3. The number of halogens is 1. The number of aryl methyl sites for hydroxylation is 1. The maximum absolute atomic E-state index is 12.2. The van der Waals surface area contributed by atoms with Gasteiger partial charge in [0, 0.05) is 10.2 Å². The van der Waals surface area contributed by atoms with Gasteiger partial charge in [-0.25, -0.2) is 4.79 Å². The number of amides is 1. The molecule has 0 aliphatic carbocycles. The molecule has 0 bridgehead atoms. The quantitative estimate of drug-likeness (QED) is 0.812. The molecule has 2 aromatic carbocycles. The van der Waals surface area contributed by atoms with Crippen molar-refractivity contribution in [2.45, 2.75) is 26.9 Å². The number of benzene rings is 2. The van der Waals surface area contributed by atoms with Crippen LogP contribution in [0.25, 0.3) is 0 Å². The summed E-state index contributed by atoms with van der Waals surface area (Å²) in [7, 11) is 0. The Kier molecular flexibility index (Phi) is 5.55. The summed E-state index contributed by atoms with van der Waals surface area (Å²) in [5.74, 6) is -0.892. The average molecular weight is 376 g/mol. The zero-order valence-corrected chi connectivity index (χ0v) is 14.8. The van der Waals surface area contributed by atoms with E-state index in [1.807, 2.05) is 38.1 Å². The minimum Gasteiger partial charge on any atom is -0.449 e. The number of carbonyl (C=O) groups excluding carboxylic acids is 2. The van der Waals surface area contributed by atoms with Crippen molar-refractivity contribution in [3.63, 3.8) is 0 Å². The predicted molar refractivity (Wildman–Crippen MR) is 93.6 cm³/mol. The zero-order chi connectivity index (χ0) is 17.0. The summed E-state index contributed by atoms with van der Waals surface area (Å²) in [6.45, 7) is 5.46. The fourth-order valence-electron chi connectivity index (χ4n) is 2.02. The molecule has 0 aliphatic rings. The molecular weight excluding hydrogens is 358 g/mol. The van der Waals surface area contributed by atoms with E-state index >= 15 is 0 Å². The van der Waals surface area contributed by atoms with Crippen molar-refractivity contribution in [2.24, 2.45) is 0 Å². The predicted octanol–water partition coefficient (Wildman–Crippen LogP) is 4.25. The van der Waals surface area contributed by atoms with Gasteiger partial charge in [-0.2, -0.15) is 0 Å². The highest BCUT2D eigenvalue weighted by molar-refractivity contribution is 9.10. The Morgan fingerprint density at radius 2 is 1.83 bits per heavy atom. The summed E-state index contributed by atoms with van der Waals surface area (Å²) in [5, 5.41) is 2.79. The van der Waals surface area contributed by atoms with Gasteiger partial charge in [-0.1, -0.05) is 34.1 Å². The van der Waals surface area contributed by atoms with Gasteiger partial charge in [0.05, 0.1) is 5.56 Å². The monoisotopic (exact) mass is 375 g/mol. The Hall–Kier alpha value is -2.14. The van der Waals surface area contributed by atoms with Crippen molar-refractivity contribution in [2.75, 3.05) is 5.32 Å². The van der Waals surface area contributed by atoms with Crippen LogP contribution in [0.2, 0.25) is 0 Å². The van der Waals surface area contributed by atoms with E-state index in [2.05, 4.69) is 21.2 Å². The molecule has 0 saturated heterocycles. The first-order chi connectivity index (χ1) is 10.9. The molecule has 0 saturated carbocycles. The normalized spacial score (nSPS) is 11.7. The fraction of sp³-hybridized carbons (Fsp3) is 0.222. The summed E-state index contributed by atoms with van der Waals surface area (Å²) >= 11 is 3.30. The summed E-state index contributed by atoms with van der Waals surface area (Å²) in [5.41, 5.74) is 3.19. The van der Waals surface area contributed by atoms with Crippen molar-refractivity contribution in [1.82, 2.24) is 0 Å². The smallest absolute Gasteiger partial charge is 0.338 e. The van der Waals surface area contributed by atoms with Crippen molar-refractivity contribution in [3.05, 3.63) is 63.6 Å². The maximum Gasteiger partial charge on any atom is 0.338 e.